The summed E-state index contributed by atoms with van der Waals surface area (Å²) in [6.45, 7) is 2.91. The third kappa shape index (κ3) is 5.87. The summed E-state index contributed by atoms with van der Waals surface area (Å²) in [5.74, 6) is 0.107. The zero-order valence-electron chi connectivity index (χ0n) is 21.7. The molecule has 1 aromatic carbocycles. The molecule has 2 aliphatic rings. The molecule has 0 bridgehead atoms. The SMILES string of the molecule is CNS(=O)(=O)O[C@@H]1C[C@H](Nc2ncncc2C(=O)c2cc([C@@H]3c4cc(Cl)ccc4CCN3C)c(C)s2)C[C@@H]1O. The van der Waals surface area contributed by atoms with Gasteiger partial charge in [0, 0.05) is 35.7 Å². The summed E-state index contributed by atoms with van der Waals surface area (Å²) in [6, 6.07) is 7.59. The second-order valence-corrected chi connectivity index (χ2v) is 13.1. The summed E-state index contributed by atoms with van der Waals surface area (Å²) in [5, 5.41) is 14.2. The van der Waals surface area contributed by atoms with Gasteiger partial charge in [0.25, 0.3) is 0 Å². The summed E-state index contributed by atoms with van der Waals surface area (Å²) < 4.78 is 30.7. The molecule has 3 N–H and O–H groups in total. The van der Waals surface area contributed by atoms with Crippen LogP contribution in [0.25, 0.3) is 0 Å². The second kappa shape index (κ2) is 11.2. The van der Waals surface area contributed by atoms with Crippen molar-refractivity contribution in [2.24, 2.45) is 0 Å². The molecular formula is C26H30ClN5O5S2. The molecule has 1 aliphatic heterocycles. The van der Waals surface area contributed by atoms with E-state index >= 15 is 0 Å². The highest BCUT2D eigenvalue weighted by molar-refractivity contribution is 7.84. The number of halogens is 1. The molecule has 1 saturated carbocycles. The Bertz CT molecular complexity index is 1500. The quantitative estimate of drug-likeness (QED) is 0.338. The van der Waals surface area contributed by atoms with Crippen molar-refractivity contribution in [3.8, 4) is 0 Å². The summed E-state index contributed by atoms with van der Waals surface area (Å²) in [4.78, 5) is 26.0. The standard InChI is InChI=1S/C26H30ClN5O5S2/c1-14-18(24-19-8-16(27)5-4-15(19)6-7-32(24)3)11-23(38-14)25(34)20-12-29-13-30-26(20)31-17-9-21(33)22(10-17)37-39(35,36)28-2/h4-5,8,11-13,17,21-22,24,28,33H,6-7,9-10H2,1-3H3,(H,29,30,31)/t17-,21+,22-,24-/m1/s1. The van der Waals surface area contributed by atoms with Crippen LogP contribution in [0.4, 0.5) is 5.82 Å². The molecule has 3 aromatic rings. The van der Waals surface area contributed by atoms with E-state index in [1.807, 2.05) is 25.1 Å². The molecule has 13 heteroatoms. The molecular weight excluding hydrogens is 562 g/mol. The van der Waals surface area contributed by atoms with E-state index in [1.54, 1.807) is 0 Å². The molecule has 10 nitrogen and oxygen atoms in total. The van der Waals surface area contributed by atoms with E-state index in [2.05, 4.69) is 38.0 Å². The summed E-state index contributed by atoms with van der Waals surface area (Å²) >= 11 is 7.78. The number of rotatable bonds is 8. The average molecular weight is 592 g/mol. The van der Waals surface area contributed by atoms with E-state index in [-0.39, 0.29) is 30.7 Å². The highest BCUT2D eigenvalue weighted by Crippen LogP contribution is 2.40. The fraction of sp³-hybridized carbons (Fsp3) is 0.423. The maximum atomic E-state index is 13.7. The van der Waals surface area contributed by atoms with Gasteiger partial charge in [-0.15, -0.1) is 11.3 Å². The van der Waals surface area contributed by atoms with Gasteiger partial charge in [0.05, 0.1) is 22.6 Å². The van der Waals surface area contributed by atoms with E-state index < -0.39 is 22.5 Å². The van der Waals surface area contributed by atoms with Crippen LogP contribution in [0.15, 0.2) is 36.8 Å². The van der Waals surface area contributed by atoms with Crippen molar-refractivity contribution in [2.75, 3.05) is 26.0 Å². The van der Waals surface area contributed by atoms with E-state index in [9.17, 15) is 18.3 Å². The zero-order valence-corrected chi connectivity index (χ0v) is 24.1. The predicted octanol–water partition coefficient (Wildman–Crippen LogP) is 3.09. The summed E-state index contributed by atoms with van der Waals surface area (Å²) in [6.07, 6.45) is 2.31. The monoisotopic (exact) mass is 591 g/mol. The number of fused-ring (bicyclic) bond motifs is 1. The third-order valence-electron chi connectivity index (χ3n) is 7.32. The molecule has 1 aliphatic carbocycles. The normalized spacial score (nSPS) is 23.5. The Morgan fingerprint density at radius 2 is 2.05 bits per heavy atom. The lowest BCUT2D eigenvalue weighted by Gasteiger charge is -2.35. The Hall–Kier alpha value is -2.45. The number of hydrogen-bond donors (Lipinski definition) is 3. The van der Waals surface area contributed by atoms with Crippen LogP contribution in [0.3, 0.4) is 0 Å². The first kappa shape index (κ1) is 28.1. The van der Waals surface area contributed by atoms with Crippen LogP contribution in [0.5, 0.6) is 0 Å². The largest absolute Gasteiger partial charge is 0.390 e. The Balaban J connectivity index is 1.39. The number of thiophene rings is 1. The second-order valence-electron chi connectivity index (χ2n) is 9.89. The number of hydrogen-bond acceptors (Lipinski definition) is 10. The maximum Gasteiger partial charge on any atom is 0.335 e. The number of likely N-dealkylation sites (N-methyl/N-ethyl adjacent to an activating group) is 1. The minimum Gasteiger partial charge on any atom is -0.390 e. The number of carbonyl (C=O) groups excluding carboxylic acids is 1. The van der Waals surface area contributed by atoms with Crippen LogP contribution in [0.1, 0.15) is 55.7 Å². The molecule has 0 unspecified atom stereocenters. The number of anilines is 1. The number of carbonyl (C=O) groups is 1. The van der Waals surface area contributed by atoms with Gasteiger partial charge in [0.2, 0.25) is 5.78 Å². The van der Waals surface area contributed by atoms with E-state index in [0.29, 0.717) is 21.3 Å². The minimum atomic E-state index is -3.95. The molecule has 0 amide bonds. The van der Waals surface area contributed by atoms with Gasteiger partial charge in [-0.1, -0.05) is 17.7 Å². The molecule has 0 radical (unpaired) electrons. The lowest BCUT2D eigenvalue weighted by molar-refractivity contribution is 0.0636. The Labute approximate surface area is 236 Å². The Kier molecular flexibility index (Phi) is 8.07. The Morgan fingerprint density at radius 1 is 1.26 bits per heavy atom. The fourth-order valence-corrected chi connectivity index (χ4v) is 7.16. The molecule has 2 aromatic heterocycles. The zero-order chi connectivity index (χ0) is 27.9. The first-order valence-corrected chi connectivity index (χ1v) is 15.2. The highest BCUT2D eigenvalue weighted by Gasteiger charge is 2.37. The third-order valence-corrected chi connectivity index (χ3v) is 9.62. The van der Waals surface area contributed by atoms with Crippen molar-refractivity contribution in [2.45, 2.75) is 50.5 Å². The number of aryl methyl sites for hydroxylation is 1. The van der Waals surface area contributed by atoms with Gasteiger partial charge in [-0.2, -0.15) is 13.1 Å². The predicted molar refractivity (Wildman–Crippen MR) is 150 cm³/mol. The van der Waals surface area contributed by atoms with Crippen molar-refractivity contribution >= 4 is 44.8 Å². The van der Waals surface area contributed by atoms with Gasteiger partial charge in [-0.05, 0) is 68.1 Å². The van der Waals surface area contributed by atoms with Crippen LogP contribution in [0, 0.1) is 6.92 Å². The van der Waals surface area contributed by atoms with E-state index in [1.165, 1.54) is 36.5 Å². The number of ketones is 1. The number of nitrogens with zero attached hydrogens (tertiary/aromatic N) is 3. The number of benzene rings is 1. The van der Waals surface area contributed by atoms with Gasteiger partial charge in [0.15, 0.2) is 0 Å². The van der Waals surface area contributed by atoms with E-state index in [0.717, 1.165) is 29.0 Å². The first-order valence-electron chi connectivity index (χ1n) is 12.6. The average Bonchev–Trinajstić information content (AvgIpc) is 3.44. The summed E-state index contributed by atoms with van der Waals surface area (Å²) in [7, 11) is -0.635. The van der Waals surface area contributed by atoms with Gasteiger partial charge in [-0.25, -0.2) is 9.97 Å². The smallest absolute Gasteiger partial charge is 0.335 e. The van der Waals surface area contributed by atoms with Crippen molar-refractivity contribution in [3.63, 3.8) is 0 Å². The van der Waals surface area contributed by atoms with Crippen molar-refractivity contribution in [1.82, 2.24) is 19.6 Å². The molecule has 39 heavy (non-hydrogen) atoms. The minimum absolute atomic E-state index is 0.0133. The van der Waals surface area contributed by atoms with E-state index in [4.69, 9.17) is 15.8 Å². The molecule has 4 atom stereocenters. The van der Waals surface area contributed by atoms with Gasteiger partial charge >= 0.3 is 10.3 Å². The van der Waals surface area contributed by atoms with Crippen molar-refractivity contribution < 1.29 is 22.5 Å². The van der Waals surface area contributed by atoms with Crippen molar-refractivity contribution in [3.05, 3.63) is 73.8 Å². The first-order chi connectivity index (χ1) is 18.6. The molecule has 208 valence electrons. The molecule has 0 spiro atoms. The highest BCUT2D eigenvalue weighted by atomic mass is 35.5. The fourth-order valence-electron chi connectivity index (χ4n) is 5.34. The topological polar surface area (TPSA) is 134 Å². The van der Waals surface area contributed by atoms with Crippen LogP contribution < -0.4 is 10.0 Å². The van der Waals surface area contributed by atoms with Gasteiger partial charge in [0.1, 0.15) is 18.2 Å². The van der Waals surface area contributed by atoms with Gasteiger partial charge in [-0.3, -0.25) is 13.9 Å². The van der Waals surface area contributed by atoms with Crippen LogP contribution >= 0.6 is 22.9 Å². The van der Waals surface area contributed by atoms with Crippen LogP contribution in [0.2, 0.25) is 5.02 Å². The number of aliphatic hydroxyl groups excluding tert-OH is 1. The van der Waals surface area contributed by atoms with Crippen LogP contribution in [-0.2, 0) is 20.9 Å². The lowest BCUT2D eigenvalue weighted by atomic mass is 9.88. The molecule has 3 heterocycles. The number of aromatic nitrogens is 2. The summed E-state index contributed by atoms with van der Waals surface area (Å²) in [5.41, 5.74) is 3.77. The molecule has 1 fully saturated rings. The Morgan fingerprint density at radius 3 is 2.82 bits per heavy atom. The number of nitrogens with one attached hydrogen (secondary N) is 2. The molecule has 5 rings (SSSR count). The van der Waals surface area contributed by atoms with Gasteiger partial charge < -0.3 is 10.4 Å². The van der Waals surface area contributed by atoms with Crippen molar-refractivity contribution in [1.29, 1.82) is 0 Å². The lowest BCUT2D eigenvalue weighted by Crippen LogP contribution is -2.33. The van der Waals surface area contributed by atoms with Crippen LogP contribution in [-0.4, -0.2) is 73.1 Å². The molecule has 0 saturated heterocycles. The maximum absolute atomic E-state index is 13.7. The number of aliphatic hydroxyl groups is 1.